The summed E-state index contributed by atoms with van der Waals surface area (Å²) in [6, 6.07) is 9.07. The minimum absolute atomic E-state index is 0.711. The zero-order chi connectivity index (χ0) is 15.6. The lowest BCUT2D eigenvalue weighted by Gasteiger charge is -2.27. The fourth-order valence-corrected chi connectivity index (χ4v) is 3.22. The molecule has 1 aromatic rings. The molecule has 22 heavy (non-hydrogen) atoms. The number of rotatable bonds is 8. The van der Waals surface area contributed by atoms with Crippen molar-refractivity contribution in [3.05, 3.63) is 60.2 Å². The highest BCUT2D eigenvalue weighted by molar-refractivity contribution is 5.25. The van der Waals surface area contributed by atoms with Crippen LogP contribution in [0.2, 0.25) is 0 Å². The summed E-state index contributed by atoms with van der Waals surface area (Å²) in [5.41, 5.74) is 2.78. The predicted molar refractivity (Wildman–Crippen MR) is 95.0 cm³/mol. The van der Waals surface area contributed by atoms with Crippen LogP contribution in [0.15, 0.2) is 49.1 Å². The molecule has 1 aromatic carbocycles. The van der Waals surface area contributed by atoms with E-state index >= 15 is 0 Å². The molecule has 1 heteroatoms. The molecule has 1 fully saturated rings. The Kier molecular flexibility index (Phi) is 7.45. The zero-order valence-electron chi connectivity index (χ0n) is 14.0. The maximum Gasteiger partial charge on any atom is 0.0717 e. The minimum atomic E-state index is 0.711. The molecule has 0 aromatic heterocycles. The maximum atomic E-state index is 5.62. The van der Waals surface area contributed by atoms with Gasteiger partial charge >= 0.3 is 0 Å². The normalized spacial score (nSPS) is 22.0. The molecule has 0 aliphatic heterocycles. The molecule has 1 saturated carbocycles. The van der Waals surface area contributed by atoms with Crippen LogP contribution in [-0.2, 0) is 11.3 Å². The van der Waals surface area contributed by atoms with Crippen LogP contribution >= 0.6 is 0 Å². The molecular formula is C21H30O. The van der Waals surface area contributed by atoms with Crippen LogP contribution in [0.5, 0.6) is 0 Å². The molecule has 1 aliphatic carbocycles. The standard InChI is InChI=1S/C21H30O/c1-3-5-7-18-8-12-20(13-9-18)21-14-10-19(11-15-21)17-22-16-6-4-2/h4-5,7,10-11,14-15,18,20H,2-3,6,8-9,12-13,16-17H2,1H3/b7-5+/t18-,20-. The van der Waals surface area contributed by atoms with Gasteiger partial charge in [0, 0.05) is 0 Å². The molecule has 0 N–H and O–H groups in total. The van der Waals surface area contributed by atoms with Crippen LogP contribution in [0.25, 0.3) is 0 Å². The number of allylic oxidation sites excluding steroid dienone is 2. The summed E-state index contributed by atoms with van der Waals surface area (Å²) in [5.74, 6) is 1.57. The van der Waals surface area contributed by atoms with Crippen LogP contribution in [-0.4, -0.2) is 6.61 Å². The number of hydrogen-bond donors (Lipinski definition) is 0. The first-order chi connectivity index (χ1) is 10.8. The van der Waals surface area contributed by atoms with E-state index in [-0.39, 0.29) is 0 Å². The van der Waals surface area contributed by atoms with Crippen LogP contribution in [0.4, 0.5) is 0 Å². The molecule has 0 amide bonds. The van der Waals surface area contributed by atoms with Gasteiger partial charge in [0.25, 0.3) is 0 Å². The number of hydrogen-bond acceptors (Lipinski definition) is 1. The number of ether oxygens (including phenoxy) is 1. The molecule has 120 valence electrons. The van der Waals surface area contributed by atoms with E-state index in [2.05, 4.69) is 49.9 Å². The maximum absolute atomic E-state index is 5.62. The van der Waals surface area contributed by atoms with Gasteiger partial charge in [0.2, 0.25) is 0 Å². The average molecular weight is 298 g/mol. The monoisotopic (exact) mass is 298 g/mol. The lowest BCUT2D eigenvalue weighted by molar-refractivity contribution is 0.125. The Morgan fingerprint density at radius 2 is 1.86 bits per heavy atom. The molecule has 1 nitrogen and oxygen atoms in total. The van der Waals surface area contributed by atoms with E-state index in [9.17, 15) is 0 Å². The SMILES string of the molecule is C=CCCOCc1ccc([C@H]2CC[C@H](/C=C/CC)CC2)cc1. The Labute approximate surface area is 136 Å². The Morgan fingerprint density at radius 1 is 1.14 bits per heavy atom. The molecule has 0 saturated heterocycles. The van der Waals surface area contributed by atoms with Crippen molar-refractivity contribution in [3.8, 4) is 0 Å². The van der Waals surface area contributed by atoms with Gasteiger partial charge in [0.05, 0.1) is 13.2 Å². The van der Waals surface area contributed by atoms with E-state index in [1.807, 2.05) is 6.08 Å². The second-order valence-electron chi connectivity index (χ2n) is 6.32. The summed E-state index contributed by atoms with van der Waals surface area (Å²) in [7, 11) is 0. The summed E-state index contributed by atoms with van der Waals surface area (Å²) in [4.78, 5) is 0. The van der Waals surface area contributed by atoms with Gasteiger partial charge in [-0.25, -0.2) is 0 Å². The number of benzene rings is 1. The Morgan fingerprint density at radius 3 is 2.50 bits per heavy atom. The fraction of sp³-hybridized carbons (Fsp3) is 0.524. The van der Waals surface area contributed by atoms with E-state index in [0.29, 0.717) is 6.61 Å². The van der Waals surface area contributed by atoms with Crippen molar-refractivity contribution < 1.29 is 4.74 Å². The second-order valence-corrected chi connectivity index (χ2v) is 6.32. The van der Waals surface area contributed by atoms with Crippen LogP contribution in [0.1, 0.15) is 62.5 Å². The lowest BCUT2D eigenvalue weighted by atomic mass is 9.78. The van der Waals surface area contributed by atoms with Crippen molar-refractivity contribution in [2.45, 2.75) is 58.0 Å². The van der Waals surface area contributed by atoms with Gasteiger partial charge in [-0.2, -0.15) is 0 Å². The lowest BCUT2D eigenvalue weighted by Crippen LogP contribution is -2.11. The Hall–Kier alpha value is -1.34. The topological polar surface area (TPSA) is 9.23 Å². The van der Waals surface area contributed by atoms with E-state index in [1.54, 1.807) is 0 Å². The predicted octanol–water partition coefficient (Wildman–Crippen LogP) is 6.02. The molecule has 1 aliphatic rings. The quantitative estimate of drug-likeness (QED) is 0.421. The second kappa shape index (κ2) is 9.63. The first-order valence-electron chi connectivity index (χ1n) is 8.77. The third kappa shape index (κ3) is 5.46. The molecule has 0 heterocycles. The highest BCUT2D eigenvalue weighted by atomic mass is 16.5. The molecule has 0 bridgehead atoms. The first kappa shape index (κ1) is 17.0. The average Bonchev–Trinajstić information content (AvgIpc) is 2.58. The largest absolute Gasteiger partial charge is 0.376 e. The van der Waals surface area contributed by atoms with Gasteiger partial charge in [-0.05, 0) is 61.5 Å². The third-order valence-corrected chi connectivity index (χ3v) is 4.60. The van der Waals surface area contributed by atoms with Gasteiger partial charge in [0.1, 0.15) is 0 Å². The smallest absolute Gasteiger partial charge is 0.0717 e. The highest BCUT2D eigenvalue weighted by Crippen LogP contribution is 2.36. The fourth-order valence-electron chi connectivity index (χ4n) is 3.22. The molecule has 0 atom stereocenters. The molecule has 0 unspecified atom stereocenters. The summed E-state index contributed by atoms with van der Waals surface area (Å²) >= 11 is 0. The zero-order valence-corrected chi connectivity index (χ0v) is 14.0. The summed E-state index contributed by atoms with van der Waals surface area (Å²) in [6.07, 6.45) is 14.1. The summed E-state index contributed by atoms with van der Waals surface area (Å²) in [6.45, 7) is 7.39. The van der Waals surface area contributed by atoms with E-state index < -0.39 is 0 Å². The molecule has 2 rings (SSSR count). The minimum Gasteiger partial charge on any atom is -0.376 e. The Bertz CT molecular complexity index is 449. The van der Waals surface area contributed by atoms with E-state index in [0.717, 1.165) is 31.3 Å². The van der Waals surface area contributed by atoms with Crippen molar-refractivity contribution in [3.63, 3.8) is 0 Å². The van der Waals surface area contributed by atoms with Gasteiger partial charge in [0.15, 0.2) is 0 Å². The highest BCUT2D eigenvalue weighted by Gasteiger charge is 2.20. The molecule has 0 spiro atoms. The Balaban J connectivity index is 1.79. The molecular weight excluding hydrogens is 268 g/mol. The summed E-state index contributed by atoms with van der Waals surface area (Å²) in [5, 5.41) is 0. The van der Waals surface area contributed by atoms with Crippen molar-refractivity contribution >= 4 is 0 Å². The summed E-state index contributed by atoms with van der Waals surface area (Å²) < 4.78 is 5.62. The van der Waals surface area contributed by atoms with Crippen LogP contribution in [0, 0.1) is 5.92 Å². The van der Waals surface area contributed by atoms with Gasteiger partial charge in [-0.3, -0.25) is 0 Å². The van der Waals surface area contributed by atoms with Gasteiger partial charge in [-0.15, -0.1) is 6.58 Å². The van der Waals surface area contributed by atoms with E-state index in [1.165, 1.54) is 36.8 Å². The van der Waals surface area contributed by atoms with Crippen LogP contribution in [0.3, 0.4) is 0 Å². The van der Waals surface area contributed by atoms with E-state index in [4.69, 9.17) is 4.74 Å². The first-order valence-corrected chi connectivity index (χ1v) is 8.77. The van der Waals surface area contributed by atoms with Crippen molar-refractivity contribution in [1.29, 1.82) is 0 Å². The molecule has 0 radical (unpaired) electrons. The van der Waals surface area contributed by atoms with Gasteiger partial charge < -0.3 is 4.74 Å². The van der Waals surface area contributed by atoms with Crippen molar-refractivity contribution in [1.82, 2.24) is 0 Å². The van der Waals surface area contributed by atoms with Gasteiger partial charge in [-0.1, -0.05) is 49.4 Å². The third-order valence-electron chi connectivity index (χ3n) is 4.60. The van der Waals surface area contributed by atoms with Crippen molar-refractivity contribution in [2.75, 3.05) is 6.61 Å². The van der Waals surface area contributed by atoms with Crippen molar-refractivity contribution in [2.24, 2.45) is 5.92 Å². The van der Waals surface area contributed by atoms with Crippen LogP contribution < -0.4 is 0 Å².